The van der Waals surface area contributed by atoms with Gasteiger partial charge in [-0.1, -0.05) is 23.7 Å². The van der Waals surface area contributed by atoms with Crippen molar-refractivity contribution in [3.8, 4) is 0 Å². The maximum atomic E-state index is 5.99. The molecule has 0 spiro atoms. The third-order valence-electron chi connectivity index (χ3n) is 2.96. The molecular weight excluding hydrogens is 326 g/mol. The van der Waals surface area contributed by atoms with Gasteiger partial charge in [0.25, 0.3) is 0 Å². The second kappa shape index (κ2) is 5.31. The number of nitrogens with zero attached hydrogens (tertiary/aromatic N) is 3. The smallest absolute Gasteiger partial charge is 0.134 e. The SMILES string of the molecule is Clc1cccc(CCc2nc(Br)c3cccnn23)c1. The first-order valence-electron chi connectivity index (χ1n) is 5.96. The summed E-state index contributed by atoms with van der Waals surface area (Å²) in [5, 5.41) is 5.10. The van der Waals surface area contributed by atoms with Gasteiger partial charge in [0.1, 0.15) is 10.4 Å². The molecule has 2 aromatic heterocycles. The molecule has 0 saturated heterocycles. The number of rotatable bonds is 3. The molecule has 0 atom stereocenters. The molecule has 0 radical (unpaired) electrons. The number of benzene rings is 1. The van der Waals surface area contributed by atoms with Crippen molar-refractivity contribution in [3.63, 3.8) is 0 Å². The first-order valence-corrected chi connectivity index (χ1v) is 7.14. The van der Waals surface area contributed by atoms with Gasteiger partial charge in [0.2, 0.25) is 0 Å². The first kappa shape index (κ1) is 12.6. The zero-order valence-corrected chi connectivity index (χ0v) is 12.4. The average Bonchev–Trinajstić information content (AvgIpc) is 2.74. The molecule has 19 heavy (non-hydrogen) atoms. The molecule has 96 valence electrons. The normalized spacial score (nSPS) is 11.1. The molecule has 0 bridgehead atoms. The fraction of sp³-hybridized carbons (Fsp3) is 0.143. The number of imidazole rings is 1. The molecule has 2 heterocycles. The summed E-state index contributed by atoms with van der Waals surface area (Å²) < 4.78 is 2.70. The Hall–Kier alpha value is -1.39. The fourth-order valence-corrected chi connectivity index (χ4v) is 2.78. The quantitative estimate of drug-likeness (QED) is 0.725. The van der Waals surface area contributed by atoms with E-state index in [0.717, 1.165) is 33.8 Å². The molecule has 3 rings (SSSR count). The van der Waals surface area contributed by atoms with Gasteiger partial charge in [0.15, 0.2) is 0 Å². The Morgan fingerprint density at radius 2 is 2.05 bits per heavy atom. The van der Waals surface area contributed by atoms with Gasteiger partial charge in [0, 0.05) is 17.6 Å². The Kier molecular flexibility index (Phi) is 3.53. The van der Waals surface area contributed by atoms with E-state index < -0.39 is 0 Å². The number of fused-ring (bicyclic) bond motifs is 1. The summed E-state index contributed by atoms with van der Waals surface area (Å²) in [6, 6.07) is 11.8. The topological polar surface area (TPSA) is 30.2 Å². The van der Waals surface area contributed by atoms with Crippen LogP contribution in [0.4, 0.5) is 0 Å². The summed E-state index contributed by atoms with van der Waals surface area (Å²) in [7, 11) is 0. The minimum absolute atomic E-state index is 0.768. The molecule has 0 amide bonds. The van der Waals surface area contributed by atoms with Crippen molar-refractivity contribution in [2.75, 3.05) is 0 Å². The highest BCUT2D eigenvalue weighted by Crippen LogP contribution is 2.19. The summed E-state index contributed by atoms with van der Waals surface area (Å²) in [6.07, 6.45) is 3.48. The van der Waals surface area contributed by atoms with E-state index >= 15 is 0 Å². The van der Waals surface area contributed by atoms with Crippen LogP contribution in [-0.4, -0.2) is 14.6 Å². The van der Waals surface area contributed by atoms with Crippen molar-refractivity contribution in [1.82, 2.24) is 14.6 Å². The molecule has 3 aromatic rings. The molecule has 0 aliphatic carbocycles. The van der Waals surface area contributed by atoms with Crippen LogP contribution in [0.1, 0.15) is 11.4 Å². The van der Waals surface area contributed by atoms with Gasteiger partial charge >= 0.3 is 0 Å². The Labute approximate surface area is 124 Å². The average molecular weight is 337 g/mol. The van der Waals surface area contributed by atoms with Crippen LogP contribution in [0.15, 0.2) is 47.2 Å². The van der Waals surface area contributed by atoms with Crippen LogP contribution < -0.4 is 0 Å². The van der Waals surface area contributed by atoms with Crippen LogP contribution in [0.5, 0.6) is 0 Å². The van der Waals surface area contributed by atoms with Gasteiger partial charge < -0.3 is 0 Å². The largest absolute Gasteiger partial charge is 0.224 e. The maximum Gasteiger partial charge on any atom is 0.134 e. The van der Waals surface area contributed by atoms with Crippen LogP contribution in [0.3, 0.4) is 0 Å². The molecule has 3 nitrogen and oxygen atoms in total. The molecule has 0 fully saturated rings. The van der Waals surface area contributed by atoms with E-state index in [-0.39, 0.29) is 0 Å². The van der Waals surface area contributed by atoms with Crippen molar-refractivity contribution in [2.45, 2.75) is 12.8 Å². The lowest BCUT2D eigenvalue weighted by Gasteiger charge is -2.01. The van der Waals surface area contributed by atoms with E-state index in [1.807, 2.05) is 34.8 Å². The Bertz CT molecular complexity index is 724. The summed E-state index contributed by atoms with van der Waals surface area (Å²) >= 11 is 9.45. The predicted octanol–water partition coefficient (Wildman–Crippen LogP) is 3.93. The number of halogens is 2. The van der Waals surface area contributed by atoms with Crippen LogP contribution in [0, 0.1) is 0 Å². The monoisotopic (exact) mass is 335 g/mol. The van der Waals surface area contributed by atoms with Gasteiger partial charge in [-0.2, -0.15) is 5.10 Å². The van der Waals surface area contributed by atoms with E-state index in [2.05, 4.69) is 32.1 Å². The van der Waals surface area contributed by atoms with E-state index in [1.54, 1.807) is 6.20 Å². The van der Waals surface area contributed by atoms with Crippen LogP contribution in [-0.2, 0) is 12.8 Å². The Balaban J connectivity index is 1.86. The lowest BCUT2D eigenvalue weighted by molar-refractivity contribution is 0.788. The van der Waals surface area contributed by atoms with E-state index in [4.69, 9.17) is 11.6 Å². The number of hydrogen-bond acceptors (Lipinski definition) is 2. The van der Waals surface area contributed by atoms with Gasteiger partial charge in [-0.3, -0.25) is 0 Å². The molecule has 0 aliphatic heterocycles. The molecule has 0 saturated carbocycles. The third-order valence-corrected chi connectivity index (χ3v) is 3.78. The highest BCUT2D eigenvalue weighted by molar-refractivity contribution is 9.10. The second-order valence-electron chi connectivity index (χ2n) is 4.27. The summed E-state index contributed by atoms with van der Waals surface area (Å²) in [5.74, 6) is 0.947. The van der Waals surface area contributed by atoms with Gasteiger partial charge in [0.05, 0.1) is 5.52 Å². The van der Waals surface area contributed by atoms with Gasteiger partial charge in [-0.25, -0.2) is 9.50 Å². The fourth-order valence-electron chi connectivity index (χ4n) is 2.06. The maximum absolute atomic E-state index is 5.99. The van der Waals surface area contributed by atoms with E-state index in [0.29, 0.717) is 0 Å². The summed E-state index contributed by atoms with van der Waals surface area (Å²) in [4.78, 5) is 4.51. The molecule has 0 N–H and O–H groups in total. The lowest BCUT2D eigenvalue weighted by Crippen LogP contribution is -2.00. The van der Waals surface area contributed by atoms with Crippen LogP contribution in [0.25, 0.3) is 5.52 Å². The van der Waals surface area contributed by atoms with Crippen molar-refractivity contribution in [1.29, 1.82) is 0 Å². The summed E-state index contributed by atoms with van der Waals surface area (Å²) in [6.45, 7) is 0. The zero-order chi connectivity index (χ0) is 13.2. The molecule has 1 aromatic carbocycles. The minimum atomic E-state index is 0.768. The number of aryl methyl sites for hydroxylation is 2. The van der Waals surface area contributed by atoms with Crippen molar-refractivity contribution >= 4 is 33.0 Å². The highest BCUT2D eigenvalue weighted by Gasteiger charge is 2.09. The molecule has 0 aliphatic rings. The number of aromatic nitrogens is 3. The first-order chi connectivity index (χ1) is 9.24. The van der Waals surface area contributed by atoms with Crippen molar-refractivity contribution < 1.29 is 0 Å². The van der Waals surface area contributed by atoms with E-state index in [1.165, 1.54) is 5.56 Å². The highest BCUT2D eigenvalue weighted by atomic mass is 79.9. The second-order valence-corrected chi connectivity index (χ2v) is 5.46. The summed E-state index contributed by atoms with van der Waals surface area (Å²) in [5.41, 5.74) is 2.19. The van der Waals surface area contributed by atoms with Gasteiger partial charge in [-0.05, 0) is 52.2 Å². The third kappa shape index (κ3) is 2.65. The van der Waals surface area contributed by atoms with Crippen molar-refractivity contribution in [3.05, 3.63) is 63.6 Å². The van der Waals surface area contributed by atoms with E-state index in [9.17, 15) is 0 Å². The predicted molar refractivity (Wildman–Crippen MR) is 79.5 cm³/mol. The standard InChI is InChI=1S/C14H11BrClN3/c15-14-12-5-2-8-17-19(12)13(18-14)7-6-10-3-1-4-11(16)9-10/h1-5,8-9H,6-7H2. The van der Waals surface area contributed by atoms with Crippen molar-refractivity contribution in [2.24, 2.45) is 0 Å². The minimum Gasteiger partial charge on any atom is -0.224 e. The number of hydrogen-bond donors (Lipinski definition) is 0. The zero-order valence-electron chi connectivity index (χ0n) is 10.1. The van der Waals surface area contributed by atoms with Crippen LogP contribution in [0.2, 0.25) is 5.02 Å². The van der Waals surface area contributed by atoms with Gasteiger partial charge in [-0.15, -0.1) is 0 Å². The lowest BCUT2D eigenvalue weighted by atomic mass is 10.1. The molecule has 0 unspecified atom stereocenters. The molecule has 5 heteroatoms. The van der Waals surface area contributed by atoms with Crippen LogP contribution >= 0.6 is 27.5 Å². The Morgan fingerprint density at radius 1 is 1.16 bits per heavy atom. The molecular formula is C14H11BrClN3. The Morgan fingerprint density at radius 3 is 2.89 bits per heavy atom.